The van der Waals surface area contributed by atoms with Crippen LogP contribution in [-0.4, -0.2) is 49.5 Å². The minimum Gasteiger partial charge on any atom is -0.342 e. The van der Waals surface area contributed by atoms with E-state index in [9.17, 15) is 18.0 Å². The lowest BCUT2D eigenvalue weighted by Gasteiger charge is -2.31. The van der Waals surface area contributed by atoms with Crippen LogP contribution in [0.4, 0.5) is 10.8 Å². The molecule has 0 bridgehead atoms. The molecule has 2 amide bonds. The van der Waals surface area contributed by atoms with Crippen molar-refractivity contribution in [2.24, 2.45) is 11.8 Å². The van der Waals surface area contributed by atoms with E-state index in [1.54, 1.807) is 18.2 Å². The minimum atomic E-state index is -3.38. The van der Waals surface area contributed by atoms with Crippen molar-refractivity contribution in [2.45, 2.75) is 25.7 Å². The van der Waals surface area contributed by atoms with E-state index in [1.165, 1.54) is 11.3 Å². The molecule has 1 aliphatic carbocycles. The van der Waals surface area contributed by atoms with Crippen molar-refractivity contribution in [3.63, 3.8) is 0 Å². The lowest BCUT2D eigenvalue weighted by Crippen LogP contribution is -2.42. The Morgan fingerprint density at radius 3 is 2.50 bits per heavy atom. The number of carbonyl (C=O) groups is 2. The van der Waals surface area contributed by atoms with E-state index in [1.807, 2.05) is 4.90 Å². The number of sulfonamides is 1. The van der Waals surface area contributed by atoms with Gasteiger partial charge in [0.2, 0.25) is 21.8 Å². The standard InChI is InChI=1S/C18H22N4O4S2/c1-28(25,26)21-18-20-14-5-4-13(10-15(14)27-18)19-16(23)11-6-8-22(9-7-11)17(24)12-2-3-12/h4-5,10-12H,2-3,6-9H2,1H3,(H,19,23)(H,20,21). The quantitative estimate of drug-likeness (QED) is 0.768. The number of hydrogen-bond acceptors (Lipinski definition) is 6. The molecule has 1 aromatic heterocycles. The molecule has 0 unspecified atom stereocenters. The number of thiazole rings is 1. The molecular formula is C18H22N4O4S2. The van der Waals surface area contributed by atoms with Gasteiger partial charge in [0, 0.05) is 30.6 Å². The fraction of sp³-hybridized carbons (Fsp3) is 0.500. The summed E-state index contributed by atoms with van der Waals surface area (Å²) in [6.45, 7) is 1.28. The highest BCUT2D eigenvalue weighted by molar-refractivity contribution is 7.92. The van der Waals surface area contributed by atoms with Crippen LogP contribution in [0.2, 0.25) is 0 Å². The van der Waals surface area contributed by atoms with Crippen LogP contribution >= 0.6 is 11.3 Å². The molecule has 2 aromatic rings. The molecule has 1 aromatic carbocycles. The van der Waals surface area contributed by atoms with Crippen molar-refractivity contribution >= 4 is 54.2 Å². The Labute approximate surface area is 167 Å². The number of aromatic nitrogens is 1. The van der Waals surface area contributed by atoms with Gasteiger partial charge in [-0.1, -0.05) is 11.3 Å². The first-order chi connectivity index (χ1) is 13.3. The summed E-state index contributed by atoms with van der Waals surface area (Å²) in [4.78, 5) is 30.8. The van der Waals surface area contributed by atoms with Crippen molar-refractivity contribution in [1.82, 2.24) is 9.88 Å². The van der Waals surface area contributed by atoms with Crippen LogP contribution in [0.5, 0.6) is 0 Å². The van der Waals surface area contributed by atoms with Gasteiger partial charge in [0.1, 0.15) is 0 Å². The van der Waals surface area contributed by atoms with E-state index in [-0.39, 0.29) is 23.7 Å². The molecule has 2 aliphatic rings. The van der Waals surface area contributed by atoms with Crippen molar-refractivity contribution in [3.8, 4) is 0 Å². The topological polar surface area (TPSA) is 108 Å². The number of hydrogen-bond donors (Lipinski definition) is 2. The Hall–Kier alpha value is -2.20. The largest absolute Gasteiger partial charge is 0.342 e. The monoisotopic (exact) mass is 422 g/mol. The fourth-order valence-electron chi connectivity index (χ4n) is 3.40. The van der Waals surface area contributed by atoms with Crippen LogP contribution in [0, 0.1) is 11.8 Å². The van der Waals surface area contributed by atoms with Crippen LogP contribution in [0.3, 0.4) is 0 Å². The molecule has 4 rings (SSSR count). The van der Waals surface area contributed by atoms with E-state index in [0.29, 0.717) is 42.3 Å². The number of benzene rings is 1. The van der Waals surface area contributed by atoms with Gasteiger partial charge in [-0.05, 0) is 43.9 Å². The van der Waals surface area contributed by atoms with E-state index in [2.05, 4.69) is 15.0 Å². The van der Waals surface area contributed by atoms with Gasteiger partial charge in [0.05, 0.1) is 16.5 Å². The molecular weight excluding hydrogens is 400 g/mol. The Morgan fingerprint density at radius 2 is 1.86 bits per heavy atom. The predicted molar refractivity (Wildman–Crippen MR) is 109 cm³/mol. The molecule has 1 saturated carbocycles. The molecule has 1 saturated heterocycles. The van der Waals surface area contributed by atoms with Crippen LogP contribution in [0.25, 0.3) is 10.2 Å². The first-order valence-electron chi connectivity index (χ1n) is 9.26. The molecule has 0 radical (unpaired) electrons. The zero-order valence-electron chi connectivity index (χ0n) is 15.5. The van der Waals surface area contributed by atoms with E-state index >= 15 is 0 Å². The number of carbonyl (C=O) groups excluding carboxylic acids is 2. The Morgan fingerprint density at radius 1 is 1.14 bits per heavy atom. The SMILES string of the molecule is CS(=O)(=O)Nc1nc2ccc(NC(=O)C3CCN(C(=O)C4CC4)CC3)cc2s1. The van der Waals surface area contributed by atoms with Crippen LogP contribution in [0.15, 0.2) is 18.2 Å². The zero-order chi connectivity index (χ0) is 19.9. The lowest BCUT2D eigenvalue weighted by molar-refractivity contribution is -0.135. The van der Waals surface area contributed by atoms with Gasteiger partial charge < -0.3 is 10.2 Å². The second-order valence-electron chi connectivity index (χ2n) is 7.44. The summed E-state index contributed by atoms with van der Waals surface area (Å²) >= 11 is 1.22. The Balaban J connectivity index is 1.37. The highest BCUT2D eigenvalue weighted by Crippen LogP contribution is 2.33. The fourth-order valence-corrected chi connectivity index (χ4v) is 5.14. The second-order valence-corrected chi connectivity index (χ2v) is 10.2. The molecule has 0 atom stereocenters. The first-order valence-corrected chi connectivity index (χ1v) is 12.0. The minimum absolute atomic E-state index is 0.0446. The summed E-state index contributed by atoms with van der Waals surface area (Å²) in [7, 11) is -3.38. The maximum absolute atomic E-state index is 12.6. The molecule has 10 heteroatoms. The van der Waals surface area contributed by atoms with E-state index in [4.69, 9.17) is 0 Å². The zero-order valence-corrected chi connectivity index (χ0v) is 17.1. The lowest BCUT2D eigenvalue weighted by atomic mass is 9.95. The van der Waals surface area contributed by atoms with Gasteiger partial charge in [-0.25, -0.2) is 13.4 Å². The number of amides is 2. The van der Waals surface area contributed by atoms with Crippen LogP contribution in [0.1, 0.15) is 25.7 Å². The average molecular weight is 423 g/mol. The molecule has 0 spiro atoms. The van der Waals surface area contributed by atoms with Crippen molar-refractivity contribution < 1.29 is 18.0 Å². The molecule has 2 N–H and O–H groups in total. The maximum atomic E-state index is 12.6. The number of anilines is 2. The van der Waals surface area contributed by atoms with Crippen LogP contribution in [-0.2, 0) is 19.6 Å². The number of nitrogens with one attached hydrogen (secondary N) is 2. The first kappa shape index (κ1) is 19.1. The number of piperidine rings is 1. The third kappa shape index (κ3) is 4.44. The van der Waals surface area contributed by atoms with Gasteiger partial charge in [-0.2, -0.15) is 0 Å². The normalized spacial score (nSPS) is 18.2. The third-order valence-corrected chi connectivity index (χ3v) is 6.66. The molecule has 8 nitrogen and oxygen atoms in total. The summed E-state index contributed by atoms with van der Waals surface area (Å²) in [5.74, 6) is 0.311. The maximum Gasteiger partial charge on any atom is 0.231 e. The number of likely N-dealkylation sites (tertiary alicyclic amines) is 1. The van der Waals surface area contributed by atoms with Gasteiger partial charge in [0.25, 0.3) is 0 Å². The number of nitrogens with zero attached hydrogens (tertiary/aromatic N) is 2. The highest BCUT2D eigenvalue weighted by atomic mass is 32.2. The third-order valence-electron chi connectivity index (χ3n) is 5.03. The Bertz CT molecular complexity index is 1020. The highest BCUT2D eigenvalue weighted by Gasteiger charge is 2.35. The summed E-state index contributed by atoms with van der Waals surface area (Å²) in [6.07, 6.45) is 4.43. The Kier molecular flexibility index (Phi) is 5.00. The molecule has 1 aliphatic heterocycles. The van der Waals surface area contributed by atoms with Crippen LogP contribution < -0.4 is 10.0 Å². The molecule has 2 heterocycles. The van der Waals surface area contributed by atoms with Crippen molar-refractivity contribution in [1.29, 1.82) is 0 Å². The van der Waals surface area contributed by atoms with Gasteiger partial charge in [-0.3, -0.25) is 14.3 Å². The summed E-state index contributed by atoms with van der Waals surface area (Å²) < 4.78 is 25.8. The molecule has 2 fully saturated rings. The summed E-state index contributed by atoms with van der Waals surface area (Å²) in [5, 5.41) is 3.24. The van der Waals surface area contributed by atoms with Gasteiger partial charge >= 0.3 is 0 Å². The summed E-state index contributed by atoms with van der Waals surface area (Å²) in [6, 6.07) is 5.31. The van der Waals surface area contributed by atoms with Crippen molar-refractivity contribution in [3.05, 3.63) is 18.2 Å². The van der Waals surface area contributed by atoms with E-state index < -0.39 is 10.0 Å². The predicted octanol–water partition coefficient (Wildman–Crippen LogP) is 2.25. The summed E-state index contributed by atoms with van der Waals surface area (Å²) in [5.41, 5.74) is 1.32. The number of fused-ring (bicyclic) bond motifs is 1. The van der Waals surface area contributed by atoms with Gasteiger partial charge in [-0.15, -0.1) is 0 Å². The van der Waals surface area contributed by atoms with Crippen molar-refractivity contribution in [2.75, 3.05) is 29.4 Å². The molecule has 28 heavy (non-hydrogen) atoms. The second kappa shape index (κ2) is 7.32. The number of rotatable bonds is 5. The van der Waals surface area contributed by atoms with E-state index in [0.717, 1.165) is 23.8 Å². The smallest absolute Gasteiger partial charge is 0.231 e. The average Bonchev–Trinajstić information content (AvgIpc) is 3.41. The molecule has 150 valence electrons. The van der Waals surface area contributed by atoms with Gasteiger partial charge in [0.15, 0.2) is 5.13 Å².